The summed E-state index contributed by atoms with van der Waals surface area (Å²) < 4.78 is 1.43. The quantitative estimate of drug-likeness (QED) is 0.161. The molecule has 3 amide bonds. The number of aromatic nitrogens is 4. The van der Waals surface area contributed by atoms with Crippen LogP contribution in [0.4, 0.5) is 0 Å². The Morgan fingerprint density at radius 1 is 0.907 bits per heavy atom. The number of aliphatic hydroxyl groups is 1. The number of benzene rings is 2. The summed E-state index contributed by atoms with van der Waals surface area (Å²) in [6.07, 6.45) is 4.45. The van der Waals surface area contributed by atoms with Crippen LogP contribution in [-0.4, -0.2) is 67.5 Å². The van der Waals surface area contributed by atoms with Gasteiger partial charge in [-0.1, -0.05) is 53.7 Å². The summed E-state index contributed by atoms with van der Waals surface area (Å²) in [5.41, 5.74) is 8.64. The highest BCUT2D eigenvalue weighted by Crippen LogP contribution is 2.22. The lowest BCUT2D eigenvalue weighted by atomic mass is 10.0. The maximum atomic E-state index is 14.0. The number of para-hydroxylation sites is 1. The van der Waals surface area contributed by atoms with Crippen LogP contribution < -0.4 is 21.7 Å². The largest absolute Gasteiger partial charge is 0.391 e. The predicted molar refractivity (Wildman–Crippen MR) is 161 cm³/mol. The molecule has 0 unspecified atom stereocenters. The zero-order valence-corrected chi connectivity index (χ0v) is 24.1. The molecule has 7 N–H and O–H groups in total. The highest BCUT2D eigenvalue weighted by atomic mass is 16.3. The van der Waals surface area contributed by atoms with Crippen LogP contribution >= 0.6 is 0 Å². The Morgan fingerprint density at radius 3 is 2.40 bits per heavy atom. The molecule has 0 fully saturated rings. The number of carbonyl (C=O) groups excluding carboxylic acids is 3. The van der Waals surface area contributed by atoms with E-state index in [0.717, 1.165) is 22.0 Å². The first-order valence-electron chi connectivity index (χ1n) is 14.6. The third-order valence-electron chi connectivity index (χ3n) is 7.83. The Labute approximate surface area is 249 Å². The molecule has 0 saturated heterocycles. The molecule has 43 heavy (non-hydrogen) atoms. The summed E-state index contributed by atoms with van der Waals surface area (Å²) in [7, 11) is 0. The van der Waals surface area contributed by atoms with Gasteiger partial charge in [0.1, 0.15) is 29.9 Å². The Balaban J connectivity index is 1.54. The molecule has 4 aromatic rings. The predicted octanol–water partition coefficient (Wildman–Crippen LogP) is 1.44. The van der Waals surface area contributed by atoms with E-state index in [0.29, 0.717) is 31.5 Å². The van der Waals surface area contributed by atoms with E-state index in [1.807, 2.05) is 60.8 Å². The smallest absolute Gasteiger partial charge is 0.245 e. The van der Waals surface area contributed by atoms with Gasteiger partial charge in [-0.15, -0.1) is 5.10 Å². The number of nitrogens with zero attached hydrogens (tertiary/aromatic N) is 3. The monoisotopic (exact) mass is 586 g/mol. The summed E-state index contributed by atoms with van der Waals surface area (Å²) >= 11 is 0. The second kappa shape index (κ2) is 13.6. The van der Waals surface area contributed by atoms with Crippen molar-refractivity contribution in [1.29, 1.82) is 0 Å². The van der Waals surface area contributed by atoms with Crippen molar-refractivity contribution in [3.63, 3.8) is 0 Å². The van der Waals surface area contributed by atoms with Gasteiger partial charge in [0.05, 0.1) is 12.3 Å². The molecule has 5 atom stereocenters. The van der Waals surface area contributed by atoms with Crippen LogP contribution in [0.15, 0.2) is 67.0 Å². The minimum atomic E-state index is -1.02. The van der Waals surface area contributed by atoms with Crippen molar-refractivity contribution in [2.24, 2.45) is 5.73 Å². The van der Waals surface area contributed by atoms with Gasteiger partial charge in [-0.05, 0) is 49.9 Å². The van der Waals surface area contributed by atoms with Crippen LogP contribution in [0.2, 0.25) is 0 Å². The zero-order chi connectivity index (χ0) is 30.3. The fraction of sp³-hybridized carbons (Fsp3) is 0.387. The van der Waals surface area contributed by atoms with E-state index in [9.17, 15) is 19.5 Å². The molecule has 5 rings (SSSR count). The van der Waals surface area contributed by atoms with E-state index in [4.69, 9.17) is 5.73 Å². The van der Waals surface area contributed by atoms with E-state index in [-0.39, 0.29) is 12.8 Å². The highest BCUT2D eigenvalue weighted by Gasteiger charge is 2.34. The van der Waals surface area contributed by atoms with Gasteiger partial charge >= 0.3 is 0 Å². The summed E-state index contributed by atoms with van der Waals surface area (Å²) in [5.74, 6) is -1.38. The second-order valence-electron chi connectivity index (χ2n) is 11.0. The second-order valence-corrected chi connectivity index (χ2v) is 11.0. The molecule has 0 radical (unpaired) electrons. The number of hydrogen-bond acceptors (Lipinski definition) is 7. The van der Waals surface area contributed by atoms with Gasteiger partial charge in [-0.2, -0.15) is 0 Å². The lowest BCUT2D eigenvalue weighted by molar-refractivity contribution is -0.133. The molecule has 3 heterocycles. The molecule has 2 aromatic heterocycles. The lowest BCUT2D eigenvalue weighted by Gasteiger charge is -2.26. The Bertz CT molecular complexity index is 1550. The zero-order valence-electron chi connectivity index (χ0n) is 24.1. The molecule has 12 heteroatoms. The molecular weight excluding hydrogens is 548 g/mol. The van der Waals surface area contributed by atoms with Crippen molar-refractivity contribution in [2.75, 3.05) is 6.54 Å². The van der Waals surface area contributed by atoms with Crippen molar-refractivity contribution in [2.45, 2.75) is 69.3 Å². The SMILES string of the molecule is C[C@@H](O)[C@@H]1NC(=O)[C@H](CCCCN)NC(=O)[C@H](Cc2c[nH]c3ccccc23)NC(=O)[C@@H](Cc2ccccc2)n2cc1nn2. The molecule has 226 valence electrons. The van der Waals surface area contributed by atoms with E-state index >= 15 is 0 Å². The van der Waals surface area contributed by atoms with Gasteiger partial charge < -0.3 is 31.8 Å². The molecule has 1 aliphatic rings. The average Bonchev–Trinajstić information content (AvgIpc) is 3.65. The maximum absolute atomic E-state index is 14.0. The number of hydrogen-bond donors (Lipinski definition) is 6. The van der Waals surface area contributed by atoms with Crippen molar-refractivity contribution in [3.8, 4) is 0 Å². The number of fused-ring (bicyclic) bond motifs is 3. The Hall–Kier alpha value is -4.55. The average molecular weight is 587 g/mol. The van der Waals surface area contributed by atoms with Gasteiger partial charge in [0, 0.05) is 29.9 Å². The van der Waals surface area contributed by atoms with Gasteiger partial charge in [-0.25, -0.2) is 4.68 Å². The van der Waals surface area contributed by atoms with Gasteiger partial charge in [0.15, 0.2) is 0 Å². The summed E-state index contributed by atoms with van der Waals surface area (Å²) in [5, 5.41) is 28.7. The van der Waals surface area contributed by atoms with E-state index < -0.39 is 48.0 Å². The molecule has 0 saturated carbocycles. The Kier molecular flexibility index (Phi) is 9.48. The van der Waals surface area contributed by atoms with E-state index in [1.165, 1.54) is 11.6 Å². The van der Waals surface area contributed by atoms with Crippen molar-refractivity contribution in [3.05, 3.63) is 83.8 Å². The molecule has 2 aromatic carbocycles. The van der Waals surface area contributed by atoms with Crippen LogP contribution in [0.5, 0.6) is 0 Å². The normalized spacial score (nSPS) is 22.1. The number of rotatable bonds is 9. The minimum Gasteiger partial charge on any atom is -0.391 e. The number of amides is 3. The van der Waals surface area contributed by atoms with Crippen LogP contribution in [0.1, 0.15) is 55.1 Å². The fourth-order valence-electron chi connectivity index (χ4n) is 5.46. The number of aliphatic hydroxyl groups excluding tert-OH is 1. The molecule has 0 aliphatic carbocycles. The number of nitrogens with one attached hydrogen (secondary N) is 4. The third-order valence-corrected chi connectivity index (χ3v) is 7.83. The number of carbonyl (C=O) groups is 3. The summed E-state index contributed by atoms with van der Waals surface area (Å²) in [6, 6.07) is 13.5. The van der Waals surface area contributed by atoms with Gasteiger partial charge in [0.25, 0.3) is 0 Å². The number of unbranched alkanes of at least 4 members (excludes halogenated alkanes) is 1. The summed E-state index contributed by atoms with van der Waals surface area (Å²) in [6.45, 7) is 1.99. The highest BCUT2D eigenvalue weighted by molar-refractivity contribution is 5.94. The van der Waals surface area contributed by atoms with Crippen LogP contribution in [0.25, 0.3) is 10.9 Å². The first-order chi connectivity index (χ1) is 20.8. The molecule has 0 spiro atoms. The minimum absolute atomic E-state index is 0.190. The van der Waals surface area contributed by atoms with Crippen LogP contribution in [0, 0.1) is 0 Å². The topological polar surface area (TPSA) is 180 Å². The fourth-order valence-corrected chi connectivity index (χ4v) is 5.46. The Morgan fingerprint density at radius 2 is 1.63 bits per heavy atom. The number of nitrogens with two attached hydrogens (primary N) is 1. The number of H-pyrrole nitrogens is 1. The lowest BCUT2D eigenvalue weighted by Crippen LogP contribution is -2.55. The molecular formula is C31H38N8O4. The van der Waals surface area contributed by atoms with Crippen molar-refractivity contribution < 1.29 is 19.5 Å². The van der Waals surface area contributed by atoms with Crippen LogP contribution in [-0.2, 0) is 27.2 Å². The molecule has 2 bridgehead atoms. The van der Waals surface area contributed by atoms with Crippen LogP contribution in [0.3, 0.4) is 0 Å². The molecule has 12 nitrogen and oxygen atoms in total. The standard InChI is InChI=1S/C31H38N8O4/c1-19(40)28-26-18-39(38-37-26)27(15-20-9-3-2-4-10-20)31(43)35-25(16-21-17-33-23-12-6-5-11-22(21)23)30(42)34-24(29(41)36-28)13-7-8-14-32/h2-6,9-12,17-19,24-25,27-28,33,40H,7-8,13-16,32H2,1H3,(H,34,42)(H,35,43)(H,36,41)/t19-,24+,25+,27-,28+/m1/s1. The summed E-state index contributed by atoms with van der Waals surface area (Å²) in [4.78, 5) is 44.7. The first-order valence-corrected chi connectivity index (χ1v) is 14.6. The number of aromatic amines is 1. The first kappa shape index (κ1) is 29.9. The van der Waals surface area contributed by atoms with Crippen molar-refractivity contribution >= 4 is 28.6 Å². The third kappa shape index (κ3) is 7.09. The van der Waals surface area contributed by atoms with Gasteiger partial charge in [0.2, 0.25) is 17.7 Å². The van der Waals surface area contributed by atoms with Gasteiger partial charge in [-0.3, -0.25) is 14.4 Å². The van der Waals surface area contributed by atoms with E-state index in [1.54, 1.807) is 6.20 Å². The maximum Gasteiger partial charge on any atom is 0.245 e. The van der Waals surface area contributed by atoms with Crippen molar-refractivity contribution in [1.82, 2.24) is 35.9 Å². The molecule has 1 aliphatic heterocycles. The van der Waals surface area contributed by atoms with E-state index in [2.05, 4.69) is 31.2 Å².